The van der Waals surface area contributed by atoms with Crippen LogP contribution >= 0.6 is 0 Å². The zero-order valence-electron chi connectivity index (χ0n) is 24.5. The number of hydrogen-bond donors (Lipinski definition) is 0. The quantitative estimate of drug-likeness (QED) is 0.301. The number of fused-ring (bicyclic) bond motifs is 3. The van der Waals surface area contributed by atoms with E-state index in [1.54, 1.807) is 11.1 Å². The molecule has 0 heterocycles. The van der Waals surface area contributed by atoms with Crippen molar-refractivity contribution < 1.29 is 20.4 Å². The van der Waals surface area contributed by atoms with Crippen molar-refractivity contribution >= 4 is 5.43 Å². The van der Waals surface area contributed by atoms with Crippen LogP contribution in [-0.4, -0.2) is 5.43 Å². The molecule has 0 fully saturated rings. The predicted molar refractivity (Wildman–Crippen MR) is 158 cm³/mol. The Bertz CT molecular complexity index is 1150. The molecule has 0 nitrogen and oxygen atoms in total. The van der Waals surface area contributed by atoms with Gasteiger partial charge in [-0.15, -0.1) is 0 Å². The van der Waals surface area contributed by atoms with Gasteiger partial charge in [0.2, 0.25) is 0 Å². The summed E-state index contributed by atoms with van der Waals surface area (Å²) in [6, 6.07) is 18.0. The van der Waals surface area contributed by atoms with Gasteiger partial charge in [0.1, 0.15) is 0 Å². The molecule has 0 amide bonds. The molecule has 0 atom stereocenters. The van der Waals surface area contributed by atoms with E-state index >= 15 is 0 Å². The summed E-state index contributed by atoms with van der Waals surface area (Å²) in [5.74, 6) is 1.59. The molecular weight excluding hydrogens is 528 g/mol. The molecule has 2 aliphatic carbocycles. The molecule has 0 N–H and O–H groups in total. The average molecular weight is 576 g/mol. The molecule has 0 unspecified atom stereocenters. The molecule has 36 heavy (non-hydrogen) atoms. The van der Waals surface area contributed by atoms with Crippen LogP contribution in [-0.2, 0) is 31.2 Å². The average Bonchev–Trinajstić information content (AvgIpc) is 3.38. The van der Waals surface area contributed by atoms with Crippen molar-refractivity contribution in [1.29, 1.82) is 0 Å². The van der Waals surface area contributed by atoms with Crippen LogP contribution in [0.5, 0.6) is 0 Å². The summed E-state index contributed by atoms with van der Waals surface area (Å²) in [6.07, 6.45) is 8.60. The minimum atomic E-state index is -2.09. The van der Waals surface area contributed by atoms with Gasteiger partial charge in [-0.25, -0.2) is 0 Å². The second-order valence-electron chi connectivity index (χ2n) is 14.1. The van der Waals surface area contributed by atoms with Crippen molar-refractivity contribution in [3.8, 4) is 11.1 Å². The van der Waals surface area contributed by atoms with Crippen molar-refractivity contribution in [2.75, 3.05) is 0 Å². The maximum atomic E-state index is 2.64. The molecule has 192 valence electrons. The first-order valence-corrected chi connectivity index (χ1v) is 22.4. The van der Waals surface area contributed by atoms with E-state index in [-0.39, 0.29) is 10.8 Å². The summed E-state index contributed by atoms with van der Waals surface area (Å²) in [7, 11) is 0. The Hall–Kier alpha value is -0.980. The number of benzene rings is 2. The van der Waals surface area contributed by atoms with Gasteiger partial charge in [-0.2, -0.15) is 0 Å². The Morgan fingerprint density at radius 3 is 1.61 bits per heavy atom. The van der Waals surface area contributed by atoms with E-state index in [2.05, 4.69) is 124 Å². The first-order valence-electron chi connectivity index (χ1n) is 14.1. The van der Waals surface area contributed by atoms with Crippen LogP contribution in [0, 0.1) is 11.8 Å². The van der Waals surface area contributed by atoms with E-state index < -0.39 is 25.8 Å². The molecule has 0 saturated carbocycles. The Balaban J connectivity index is 2.06. The van der Waals surface area contributed by atoms with Gasteiger partial charge < -0.3 is 0 Å². The third-order valence-corrected chi connectivity index (χ3v) is 29.0. The number of hydrogen-bond acceptors (Lipinski definition) is 0. The van der Waals surface area contributed by atoms with Crippen molar-refractivity contribution in [3.05, 3.63) is 80.2 Å². The Kier molecular flexibility index (Phi) is 8.29. The SMILES string of the molecule is CC(C)C[Si](CC(C)C)=[Zr]([C]1=CC=CC1)[CH]1c2cc(C(C)(C)C)ccc2-c2ccc(C(C)(C)C)cc21. The molecule has 2 aromatic carbocycles. The molecular formula is C34H48SiZr. The molecule has 2 aliphatic rings. The molecule has 0 saturated heterocycles. The van der Waals surface area contributed by atoms with E-state index in [1.165, 1.54) is 40.8 Å². The first kappa shape index (κ1) is 28.0. The van der Waals surface area contributed by atoms with Crippen LogP contribution in [0.1, 0.15) is 102 Å². The Morgan fingerprint density at radius 2 is 1.25 bits per heavy atom. The topological polar surface area (TPSA) is 0 Å². The number of allylic oxidation sites excluding steroid dienone is 4. The first-order chi connectivity index (χ1) is 16.8. The van der Waals surface area contributed by atoms with E-state index in [4.69, 9.17) is 0 Å². The second kappa shape index (κ2) is 10.6. The van der Waals surface area contributed by atoms with Crippen LogP contribution in [0.15, 0.2) is 57.9 Å². The molecule has 0 radical (unpaired) electrons. The van der Waals surface area contributed by atoms with E-state index in [9.17, 15) is 0 Å². The van der Waals surface area contributed by atoms with Gasteiger partial charge in [0.15, 0.2) is 0 Å². The summed E-state index contributed by atoms with van der Waals surface area (Å²) >= 11 is -2.09. The van der Waals surface area contributed by atoms with Gasteiger partial charge >= 0.3 is 231 Å². The van der Waals surface area contributed by atoms with Crippen LogP contribution in [0.4, 0.5) is 0 Å². The normalized spacial score (nSPS) is 15.5. The molecule has 2 heteroatoms. The maximum absolute atomic E-state index is 2.64. The molecule has 4 rings (SSSR count). The third kappa shape index (κ3) is 5.86. The van der Waals surface area contributed by atoms with E-state index in [0.29, 0.717) is 3.63 Å². The summed E-state index contributed by atoms with van der Waals surface area (Å²) in [5.41, 5.74) is 9.33. The number of rotatable bonds is 6. The van der Waals surface area contributed by atoms with Crippen molar-refractivity contribution in [3.63, 3.8) is 0 Å². The van der Waals surface area contributed by atoms with Gasteiger partial charge in [0.05, 0.1) is 0 Å². The fourth-order valence-electron chi connectivity index (χ4n) is 6.06. The van der Waals surface area contributed by atoms with Crippen LogP contribution in [0.25, 0.3) is 11.1 Å². The standard InChI is InChI=1S/C21H25.C8H18Si.C5H5.Zr/c1-20(2,3)16-7-9-18-14(12-16)11-15-13-17(21(4,5)6)8-10-19(15)18;1-7(2)5-9-6-8(3)4;1-2-4-5-3-1;/h7-13H,1-6H3;7-8H,5-6H2,1-4H3;1-3H,4H2;. The van der Waals surface area contributed by atoms with E-state index in [0.717, 1.165) is 11.8 Å². The van der Waals surface area contributed by atoms with Crippen molar-refractivity contribution in [2.24, 2.45) is 11.8 Å². The Labute approximate surface area is 229 Å². The third-order valence-electron chi connectivity index (χ3n) is 7.84. The fraction of sp³-hybridized carbons (Fsp3) is 0.529. The minimum absolute atomic E-state index is 0.173. The van der Waals surface area contributed by atoms with Gasteiger partial charge in [0, 0.05) is 0 Å². The predicted octanol–water partition coefficient (Wildman–Crippen LogP) is 10.1. The zero-order chi connectivity index (χ0) is 26.4. The van der Waals surface area contributed by atoms with Gasteiger partial charge in [-0.3, -0.25) is 0 Å². The van der Waals surface area contributed by atoms with Crippen LogP contribution in [0.2, 0.25) is 12.1 Å². The molecule has 0 spiro atoms. The molecule has 2 aromatic rings. The summed E-state index contributed by atoms with van der Waals surface area (Å²) in [6.45, 7) is 24.1. The molecule has 0 aromatic heterocycles. The summed E-state index contributed by atoms with van der Waals surface area (Å²) in [5, 5.41) is 0. The molecule has 0 aliphatic heterocycles. The van der Waals surface area contributed by atoms with Crippen molar-refractivity contribution in [2.45, 2.75) is 102 Å². The monoisotopic (exact) mass is 574 g/mol. The second-order valence-corrected chi connectivity index (χ2v) is 29.5. The van der Waals surface area contributed by atoms with Gasteiger partial charge in [-0.05, 0) is 0 Å². The van der Waals surface area contributed by atoms with Gasteiger partial charge in [0.25, 0.3) is 0 Å². The zero-order valence-corrected chi connectivity index (χ0v) is 28.0. The molecule has 0 bridgehead atoms. The van der Waals surface area contributed by atoms with Crippen LogP contribution in [0.3, 0.4) is 0 Å². The summed E-state index contributed by atoms with van der Waals surface area (Å²) < 4.78 is 2.55. The Morgan fingerprint density at radius 1 is 0.778 bits per heavy atom. The van der Waals surface area contributed by atoms with Gasteiger partial charge in [-0.1, -0.05) is 0 Å². The van der Waals surface area contributed by atoms with Crippen LogP contribution < -0.4 is 0 Å². The summed E-state index contributed by atoms with van der Waals surface area (Å²) in [4.78, 5) is 0. The fourth-order valence-corrected chi connectivity index (χ4v) is 33.2. The van der Waals surface area contributed by atoms with Crippen molar-refractivity contribution in [1.82, 2.24) is 0 Å². The van der Waals surface area contributed by atoms with E-state index in [1.807, 2.05) is 3.28 Å².